The summed E-state index contributed by atoms with van der Waals surface area (Å²) in [7, 11) is 0. The molecule has 1 saturated heterocycles. The molecular weight excluding hydrogens is 380 g/mol. The van der Waals surface area contributed by atoms with Crippen LogP contribution in [-0.2, 0) is 11.3 Å². The lowest BCUT2D eigenvalue weighted by Crippen LogP contribution is -2.49. The van der Waals surface area contributed by atoms with Crippen LogP contribution in [0.25, 0.3) is 0 Å². The lowest BCUT2D eigenvalue weighted by Gasteiger charge is -2.34. The van der Waals surface area contributed by atoms with E-state index >= 15 is 0 Å². The molecule has 0 aromatic heterocycles. The van der Waals surface area contributed by atoms with Crippen molar-refractivity contribution in [2.75, 3.05) is 13.1 Å². The first-order valence-corrected chi connectivity index (χ1v) is 9.07. The molecule has 1 aliphatic heterocycles. The maximum Gasteiger partial charge on any atom is 0.410 e. The fraction of sp³-hybridized carbons (Fsp3) is 0.588. The molecule has 0 aliphatic carbocycles. The summed E-state index contributed by atoms with van der Waals surface area (Å²) in [5, 5.41) is 4.22. The molecule has 0 radical (unpaired) electrons. The molecule has 0 bridgehead atoms. The van der Waals surface area contributed by atoms with Crippen LogP contribution in [0.5, 0.6) is 0 Å². The zero-order valence-corrected chi connectivity index (χ0v) is 16.2. The minimum atomic E-state index is -0.453. The third-order valence-electron chi connectivity index (χ3n) is 3.65. The molecule has 1 heterocycles. The van der Waals surface area contributed by atoms with Gasteiger partial charge in [0.1, 0.15) is 5.60 Å². The first-order valence-electron chi connectivity index (χ1n) is 7.90. The van der Waals surface area contributed by atoms with Gasteiger partial charge in [-0.15, -0.1) is 0 Å². The summed E-state index contributed by atoms with van der Waals surface area (Å²) in [6.45, 7) is 7.85. The number of hydrogen-bond acceptors (Lipinski definition) is 3. The van der Waals surface area contributed by atoms with Crippen LogP contribution < -0.4 is 5.32 Å². The topological polar surface area (TPSA) is 41.6 Å². The zero-order valence-electron chi connectivity index (χ0n) is 13.9. The van der Waals surface area contributed by atoms with Gasteiger partial charge in [0.25, 0.3) is 0 Å². The number of carbonyl (C=O) groups is 1. The molecule has 1 aromatic rings. The Hall–Kier alpha value is -0.780. The van der Waals surface area contributed by atoms with Crippen molar-refractivity contribution in [1.82, 2.24) is 10.2 Å². The quantitative estimate of drug-likeness (QED) is 0.802. The van der Waals surface area contributed by atoms with E-state index in [9.17, 15) is 4.79 Å². The molecule has 0 saturated carbocycles. The van der Waals surface area contributed by atoms with Crippen LogP contribution in [0.15, 0.2) is 22.7 Å². The minimum Gasteiger partial charge on any atom is -0.444 e. The normalized spacial score (nSPS) is 18.8. The van der Waals surface area contributed by atoms with Crippen LogP contribution in [-0.4, -0.2) is 35.7 Å². The standard InChI is InChI=1S/C17H24BrClN2O2/c1-17(2,3)23-16(22)21-8-4-5-13(11-21)20-10-12-6-7-14(18)15(19)9-12/h6-7,9,13,20H,4-5,8,10-11H2,1-3H3. The van der Waals surface area contributed by atoms with Crippen LogP contribution in [0.2, 0.25) is 5.02 Å². The average Bonchev–Trinajstić information content (AvgIpc) is 2.47. The minimum absolute atomic E-state index is 0.226. The van der Waals surface area contributed by atoms with Crippen LogP contribution in [0.3, 0.4) is 0 Å². The average molecular weight is 404 g/mol. The molecule has 1 aliphatic rings. The third-order valence-corrected chi connectivity index (χ3v) is 4.88. The molecule has 6 heteroatoms. The number of nitrogens with zero attached hydrogens (tertiary/aromatic N) is 1. The highest BCUT2D eigenvalue weighted by atomic mass is 79.9. The highest BCUT2D eigenvalue weighted by Gasteiger charge is 2.27. The Kier molecular flexibility index (Phi) is 6.34. The van der Waals surface area contributed by atoms with Gasteiger partial charge in [0, 0.05) is 30.1 Å². The number of likely N-dealkylation sites (tertiary alicyclic amines) is 1. The number of hydrogen-bond donors (Lipinski definition) is 1. The van der Waals surface area contributed by atoms with Gasteiger partial charge in [-0.3, -0.25) is 0 Å². The van der Waals surface area contributed by atoms with Crippen molar-refractivity contribution in [3.63, 3.8) is 0 Å². The Morgan fingerprint density at radius 1 is 1.48 bits per heavy atom. The first kappa shape index (κ1) is 18.6. The maximum atomic E-state index is 12.2. The Balaban J connectivity index is 1.86. The summed E-state index contributed by atoms with van der Waals surface area (Å²) >= 11 is 9.51. The molecule has 1 aromatic carbocycles. The Morgan fingerprint density at radius 2 is 2.22 bits per heavy atom. The molecule has 1 atom stereocenters. The summed E-state index contributed by atoms with van der Waals surface area (Å²) in [5.74, 6) is 0. The van der Waals surface area contributed by atoms with Crippen molar-refractivity contribution in [3.8, 4) is 0 Å². The molecule has 1 unspecified atom stereocenters. The van der Waals surface area contributed by atoms with Crippen molar-refractivity contribution in [1.29, 1.82) is 0 Å². The highest BCUT2D eigenvalue weighted by molar-refractivity contribution is 9.10. The number of piperidine rings is 1. The van der Waals surface area contributed by atoms with Gasteiger partial charge in [0.05, 0.1) is 5.02 Å². The first-order chi connectivity index (χ1) is 10.7. The van der Waals surface area contributed by atoms with E-state index in [4.69, 9.17) is 16.3 Å². The summed E-state index contributed by atoms with van der Waals surface area (Å²) in [6.07, 6.45) is 1.82. The highest BCUT2D eigenvalue weighted by Crippen LogP contribution is 2.23. The Labute approximate surface area is 151 Å². The van der Waals surface area contributed by atoms with E-state index in [-0.39, 0.29) is 12.1 Å². The molecule has 1 N–H and O–H groups in total. The van der Waals surface area contributed by atoms with Crippen molar-refractivity contribution in [2.24, 2.45) is 0 Å². The molecule has 4 nitrogen and oxygen atoms in total. The number of carbonyl (C=O) groups excluding carboxylic acids is 1. The van der Waals surface area contributed by atoms with Gasteiger partial charge in [-0.05, 0) is 67.2 Å². The van der Waals surface area contributed by atoms with Gasteiger partial charge in [-0.2, -0.15) is 0 Å². The summed E-state index contributed by atoms with van der Waals surface area (Å²) in [4.78, 5) is 14.0. The Morgan fingerprint density at radius 3 is 2.87 bits per heavy atom. The molecule has 2 rings (SSSR count). The van der Waals surface area contributed by atoms with Crippen molar-refractivity contribution < 1.29 is 9.53 Å². The van der Waals surface area contributed by atoms with Gasteiger partial charge in [-0.1, -0.05) is 17.7 Å². The van der Waals surface area contributed by atoms with Crippen LogP contribution in [0, 0.1) is 0 Å². The van der Waals surface area contributed by atoms with E-state index in [0.29, 0.717) is 11.6 Å². The molecule has 1 amide bonds. The lowest BCUT2D eigenvalue weighted by atomic mass is 10.1. The van der Waals surface area contributed by atoms with Gasteiger partial charge in [0.2, 0.25) is 0 Å². The van der Waals surface area contributed by atoms with Crippen LogP contribution in [0.4, 0.5) is 4.79 Å². The lowest BCUT2D eigenvalue weighted by molar-refractivity contribution is 0.0187. The Bertz CT molecular complexity index is 560. The van der Waals surface area contributed by atoms with Crippen molar-refractivity contribution >= 4 is 33.6 Å². The maximum absolute atomic E-state index is 12.2. The summed E-state index contributed by atoms with van der Waals surface area (Å²) in [5.41, 5.74) is 0.679. The largest absolute Gasteiger partial charge is 0.444 e. The van der Waals surface area contributed by atoms with E-state index in [1.54, 1.807) is 4.90 Å². The number of ether oxygens (including phenoxy) is 1. The van der Waals surface area contributed by atoms with E-state index in [2.05, 4.69) is 21.2 Å². The summed E-state index contributed by atoms with van der Waals surface area (Å²) < 4.78 is 6.35. The monoisotopic (exact) mass is 402 g/mol. The second-order valence-electron chi connectivity index (χ2n) is 6.89. The van der Waals surface area contributed by atoms with Crippen molar-refractivity contribution in [3.05, 3.63) is 33.3 Å². The molecule has 128 valence electrons. The number of halogens is 2. The third kappa shape index (κ3) is 5.98. The van der Waals surface area contributed by atoms with E-state index in [0.717, 1.165) is 36.0 Å². The van der Waals surface area contributed by atoms with Crippen LogP contribution in [0.1, 0.15) is 39.2 Å². The van der Waals surface area contributed by atoms with E-state index in [1.807, 2.05) is 39.0 Å². The fourth-order valence-electron chi connectivity index (χ4n) is 2.55. The van der Waals surface area contributed by atoms with Gasteiger partial charge < -0.3 is 15.0 Å². The van der Waals surface area contributed by atoms with Gasteiger partial charge in [0.15, 0.2) is 0 Å². The number of amides is 1. The number of rotatable bonds is 3. The predicted octanol–water partition coefficient (Wildman–Crippen LogP) is 4.59. The zero-order chi connectivity index (χ0) is 17.0. The molecule has 23 heavy (non-hydrogen) atoms. The molecule has 1 fully saturated rings. The second-order valence-corrected chi connectivity index (χ2v) is 8.16. The predicted molar refractivity (Wildman–Crippen MR) is 96.8 cm³/mol. The second kappa shape index (κ2) is 7.86. The van der Waals surface area contributed by atoms with Crippen molar-refractivity contribution in [2.45, 2.75) is 51.8 Å². The van der Waals surface area contributed by atoms with E-state index < -0.39 is 5.60 Å². The smallest absolute Gasteiger partial charge is 0.410 e. The molecular formula is C17H24BrClN2O2. The van der Waals surface area contributed by atoms with Gasteiger partial charge in [-0.25, -0.2) is 4.79 Å². The SMILES string of the molecule is CC(C)(C)OC(=O)N1CCCC(NCc2ccc(Br)c(Cl)c2)C1. The summed E-state index contributed by atoms with van der Waals surface area (Å²) in [6, 6.07) is 6.22. The molecule has 0 spiro atoms. The fourth-order valence-corrected chi connectivity index (χ4v) is 3.00. The number of benzene rings is 1. The van der Waals surface area contributed by atoms with Crippen LogP contribution >= 0.6 is 27.5 Å². The number of nitrogens with one attached hydrogen (secondary N) is 1. The van der Waals surface area contributed by atoms with Gasteiger partial charge >= 0.3 is 6.09 Å². The van der Waals surface area contributed by atoms with E-state index in [1.165, 1.54) is 0 Å².